The molecule has 1 saturated heterocycles. The summed E-state index contributed by atoms with van der Waals surface area (Å²) >= 11 is 0. The van der Waals surface area contributed by atoms with Crippen LogP contribution in [0.1, 0.15) is 46.9 Å². The van der Waals surface area contributed by atoms with Crippen molar-refractivity contribution in [2.24, 2.45) is 0 Å². The quantitative estimate of drug-likeness (QED) is 0.626. The topological polar surface area (TPSA) is 62.2 Å². The number of nitrogens with zero attached hydrogens (tertiary/aromatic N) is 5. The normalized spacial score (nSPS) is 16.3. The highest BCUT2D eigenvalue weighted by Gasteiger charge is 2.32. The molecule has 7 heteroatoms. The number of hydrogen-bond donors (Lipinski definition) is 0. The van der Waals surface area contributed by atoms with E-state index in [2.05, 4.69) is 9.97 Å². The van der Waals surface area contributed by atoms with Crippen LogP contribution in [0, 0.1) is 12.7 Å². The summed E-state index contributed by atoms with van der Waals surface area (Å²) in [5.74, 6) is 0.00485. The van der Waals surface area contributed by atoms with E-state index in [9.17, 15) is 9.18 Å². The van der Waals surface area contributed by atoms with Crippen molar-refractivity contribution in [1.29, 1.82) is 0 Å². The van der Waals surface area contributed by atoms with Gasteiger partial charge >= 0.3 is 0 Å². The lowest BCUT2D eigenvalue weighted by atomic mass is 9.92. The van der Waals surface area contributed by atoms with E-state index in [-0.39, 0.29) is 11.9 Å². The SMILES string of the molecule is Cc1cnccc1-c1cnc(N(C)C)nc1[C@H]1CCCCN1C(=O)c1cccc(F)c1. The molecule has 3 aromatic rings. The number of aryl methyl sites for hydroxylation is 1. The summed E-state index contributed by atoms with van der Waals surface area (Å²) in [6, 6.07) is 7.62. The maximum atomic E-state index is 13.8. The summed E-state index contributed by atoms with van der Waals surface area (Å²) in [4.78, 5) is 30.7. The molecule has 6 nitrogen and oxygen atoms in total. The molecule has 1 atom stereocenters. The van der Waals surface area contributed by atoms with Crippen molar-refractivity contribution in [3.8, 4) is 11.1 Å². The number of pyridine rings is 1. The molecule has 0 bridgehead atoms. The third kappa shape index (κ3) is 4.26. The maximum Gasteiger partial charge on any atom is 0.254 e. The minimum atomic E-state index is -0.413. The van der Waals surface area contributed by atoms with Crippen molar-refractivity contribution in [1.82, 2.24) is 19.9 Å². The first-order valence-electron chi connectivity index (χ1n) is 10.5. The molecule has 1 aliphatic heterocycles. The molecule has 0 unspecified atom stereocenters. The number of carbonyl (C=O) groups excluding carboxylic acids is 1. The number of halogens is 1. The van der Waals surface area contributed by atoms with Gasteiger partial charge in [-0.1, -0.05) is 6.07 Å². The van der Waals surface area contributed by atoms with Gasteiger partial charge in [0, 0.05) is 50.4 Å². The Morgan fingerprint density at radius 2 is 2.00 bits per heavy atom. The molecule has 31 heavy (non-hydrogen) atoms. The van der Waals surface area contributed by atoms with Gasteiger partial charge in [-0.2, -0.15) is 0 Å². The van der Waals surface area contributed by atoms with E-state index in [4.69, 9.17) is 4.98 Å². The zero-order valence-corrected chi connectivity index (χ0v) is 18.0. The zero-order valence-electron chi connectivity index (χ0n) is 18.0. The molecule has 1 aliphatic rings. The third-order valence-corrected chi connectivity index (χ3v) is 5.67. The Morgan fingerprint density at radius 3 is 2.74 bits per heavy atom. The molecular formula is C24H26FN5O. The number of rotatable bonds is 4. The van der Waals surface area contributed by atoms with E-state index >= 15 is 0 Å². The van der Waals surface area contributed by atoms with Gasteiger partial charge in [0.1, 0.15) is 5.82 Å². The predicted octanol–water partition coefficient (Wildman–Crippen LogP) is 4.42. The average molecular weight is 420 g/mol. The van der Waals surface area contributed by atoms with Gasteiger partial charge in [0.25, 0.3) is 5.91 Å². The second-order valence-electron chi connectivity index (χ2n) is 8.07. The summed E-state index contributed by atoms with van der Waals surface area (Å²) in [5.41, 5.74) is 4.09. The van der Waals surface area contributed by atoms with Crippen LogP contribution in [0.4, 0.5) is 10.3 Å². The standard InChI is InChI=1S/C24H26FN5O/c1-16-14-26-11-10-19(16)20-15-27-24(29(2)3)28-22(20)21-9-4-5-12-30(21)23(31)17-7-6-8-18(25)13-17/h6-8,10-11,13-15,21H,4-5,9,12H2,1-3H3/t21-/m1/s1. The number of benzene rings is 1. The fraction of sp³-hybridized carbons (Fsp3) is 0.333. The molecule has 1 fully saturated rings. The first-order valence-corrected chi connectivity index (χ1v) is 10.5. The molecule has 4 rings (SSSR count). The van der Waals surface area contributed by atoms with Crippen LogP contribution >= 0.6 is 0 Å². The van der Waals surface area contributed by atoms with Gasteiger partial charge in [0.2, 0.25) is 5.95 Å². The monoisotopic (exact) mass is 419 g/mol. The van der Waals surface area contributed by atoms with Crippen LogP contribution in [-0.2, 0) is 0 Å². The van der Waals surface area contributed by atoms with E-state index in [0.717, 1.165) is 41.6 Å². The lowest BCUT2D eigenvalue weighted by Gasteiger charge is -2.36. The van der Waals surface area contributed by atoms with E-state index < -0.39 is 5.82 Å². The second-order valence-corrected chi connectivity index (χ2v) is 8.07. The van der Waals surface area contributed by atoms with Crippen LogP contribution in [-0.4, -0.2) is 46.4 Å². The number of aromatic nitrogens is 3. The zero-order chi connectivity index (χ0) is 22.0. The highest BCUT2D eigenvalue weighted by molar-refractivity contribution is 5.94. The molecular weight excluding hydrogens is 393 g/mol. The molecule has 0 radical (unpaired) electrons. The van der Waals surface area contributed by atoms with Crippen molar-refractivity contribution in [2.75, 3.05) is 25.5 Å². The highest BCUT2D eigenvalue weighted by atomic mass is 19.1. The molecule has 0 aliphatic carbocycles. The van der Waals surface area contributed by atoms with Crippen molar-refractivity contribution in [3.63, 3.8) is 0 Å². The van der Waals surface area contributed by atoms with E-state index in [0.29, 0.717) is 18.1 Å². The van der Waals surface area contributed by atoms with Crippen molar-refractivity contribution in [2.45, 2.75) is 32.2 Å². The lowest BCUT2D eigenvalue weighted by molar-refractivity contribution is 0.0606. The van der Waals surface area contributed by atoms with Crippen LogP contribution in [0.25, 0.3) is 11.1 Å². The van der Waals surface area contributed by atoms with Crippen molar-refractivity contribution >= 4 is 11.9 Å². The van der Waals surface area contributed by atoms with E-state index in [1.807, 2.05) is 49.3 Å². The lowest BCUT2D eigenvalue weighted by Crippen LogP contribution is -2.39. The first kappa shape index (κ1) is 20.9. The van der Waals surface area contributed by atoms with E-state index in [1.54, 1.807) is 18.3 Å². The number of anilines is 1. The van der Waals surface area contributed by atoms with Crippen LogP contribution < -0.4 is 4.90 Å². The van der Waals surface area contributed by atoms with Crippen LogP contribution in [0.15, 0.2) is 48.9 Å². The predicted molar refractivity (Wildman–Crippen MR) is 118 cm³/mol. The molecule has 0 spiro atoms. The Morgan fingerprint density at radius 1 is 1.16 bits per heavy atom. The third-order valence-electron chi connectivity index (χ3n) is 5.67. The van der Waals surface area contributed by atoms with Gasteiger partial charge in [-0.3, -0.25) is 9.78 Å². The highest BCUT2D eigenvalue weighted by Crippen LogP contribution is 2.37. The summed E-state index contributed by atoms with van der Waals surface area (Å²) in [7, 11) is 3.79. The average Bonchev–Trinajstić information content (AvgIpc) is 2.78. The summed E-state index contributed by atoms with van der Waals surface area (Å²) in [6.45, 7) is 2.61. The smallest absolute Gasteiger partial charge is 0.254 e. The Balaban J connectivity index is 1.82. The number of likely N-dealkylation sites (tertiary alicyclic amines) is 1. The maximum absolute atomic E-state index is 13.8. The minimum Gasteiger partial charge on any atom is -0.347 e. The Labute approximate surface area is 181 Å². The van der Waals surface area contributed by atoms with E-state index in [1.165, 1.54) is 12.1 Å². The van der Waals surface area contributed by atoms with Crippen LogP contribution in [0.3, 0.4) is 0 Å². The summed E-state index contributed by atoms with van der Waals surface area (Å²) in [6.07, 6.45) is 8.10. The van der Waals surface area contributed by atoms with Crippen molar-refractivity contribution in [3.05, 3.63) is 71.6 Å². The molecule has 0 saturated carbocycles. The summed E-state index contributed by atoms with van der Waals surface area (Å²) < 4.78 is 13.8. The molecule has 3 heterocycles. The molecule has 1 amide bonds. The van der Waals surface area contributed by atoms with Gasteiger partial charge in [-0.15, -0.1) is 0 Å². The van der Waals surface area contributed by atoms with Gasteiger partial charge in [-0.25, -0.2) is 14.4 Å². The Kier molecular flexibility index (Phi) is 5.93. The Hall–Kier alpha value is -3.35. The fourth-order valence-electron chi connectivity index (χ4n) is 4.08. The second kappa shape index (κ2) is 8.79. The van der Waals surface area contributed by atoms with Gasteiger partial charge in [0.05, 0.1) is 11.7 Å². The number of carbonyl (C=O) groups is 1. The van der Waals surface area contributed by atoms with Crippen LogP contribution in [0.2, 0.25) is 0 Å². The van der Waals surface area contributed by atoms with Gasteiger partial charge in [0.15, 0.2) is 0 Å². The Bertz CT molecular complexity index is 1100. The van der Waals surface area contributed by atoms with Gasteiger partial charge < -0.3 is 9.80 Å². The number of amides is 1. The van der Waals surface area contributed by atoms with Gasteiger partial charge in [-0.05, 0) is 61.6 Å². The first-order chi connectivity index (χ1) is 15.0. The molecule has 160 valence electrons. The largest absolute Gasteiger partial charge is 0.347 e. The minimum absolute atomic E-state index is 0.174. The molecule has 2 aromatic heterocycles. The molecule has 0 N–H and O–H groups in total. The fourth-order valence-corrected chi connectivity index (χ4v) is 4.08. The molecule has 1 aromatic carbocycles. The number of piperidine rings is 1. The number of hydrogen-bond acceptors (Lipinski definition) is 5. The summed E-state index contributed by atoms with van der Waals surface area (Å²) in [5, 5.41) is 0. The van der Waals surface area contributed by atoms with Crippen molar-refractivity contribution < 1.29 is 9.18 Å². The van der Waals surface area contributed by atoms with Crippen LogP contribution in [0.5, 0.6) is 0 Å².